The Kier molecular flexibility index (Phi) is 5.90. The highest BCUT2D eigenvalue weighted by molar-refractivity contribution is 7.88. The summed E-state index contributed by atoms with van der Waals surface area (Å²) in [7, 11) is -3.28. The van der Waals surface area contributed by atoms with Gasteiger partial charge in [0.2, 0.25) is 15.9 Å². The molecule has 1 heterocycles. The van der Waals surface area contributed by atoms with E-state index in [4.69, 9.17) is 0 Å². The molecule has 0 bridgehead atoms. The van der Waals surface area contributed by atoms with E-state index in [1.807, 2.05) is 6.07 Å². The predicted octanol–water partition coefficient (Wildman–Crippen LogP) is 1.19. The molecule has 1 aromatic carbocycles. The molecule has 0 aliphatic carbocycles. The maximum absolute atomic E-state index is 12.2. The molecule has 1 saturated heterocycles. The van der Waals surface area contributed by atoms with Gasteiger partial charge in [0.05, 0.1) is 6.26 Å². The van der Waals surface area contributed by atoms with Crippen molar-refractivity contribution in [3.8, 4) is 0 Å². The zero-order valence-corrected chi connectivity index (χ0v) is 14.0. The molecular weight excluding hydrogens is 316 g/mol. The maximum atomic E-state index is 12.2. The van der Waals surface area contributed by atoms with Crippen molar-refractivity contribution in [1.29, 1.82) is 0 Å². The summed E-state index contributed by atoms with van der Waals surface area (Å²) < 4.78 is 25.1. The molecule has 6 nitrogen and oxygen atoms in total. The molecule has 1 aliphatic rings. The van der Waals surface area contributed by atoms with E-state index in [0.717, 1.165) is 19.1 Å². The van der Waals surface area contributed by atoms with E-state index in [1.165, 1.54) is 0 Å². The van der Waals surface area contributed by atoms with E-state index >= 15 is 0 Å². The Balaban J connectivity index is 1.84. The van der Waals surface area contributed by atoms with Gasteiger partial charge in [-0.05, 0) is 12.8 Å². The van der Waals surface area contributed by atoms with Crippen molar-refractivity contribution in [2.75, 3.05) is 19.3 Å². The van der Waals surface area contributed by atoms with Crippen LogP contribution in [0.2, 0.25) is 0 Å². The molecule has 1 aromatic rings. The van der Waals surface area contributed by atoms with Gasteiger partial charge in [-0.25, -0.2) is 13.1 Å². The van der Waals surface area contributed by atoms with Crippen molar-refractivity contribution in [2.24, 2.45) is 0 Å². The van der Waals surface area contributed by atoms with Crippen molar-refractivity contribution in [3.05, 3.63) is 35.9 Å². The summed E-state index contributed by atoms with van der Waals surface area (Å²) >= 11 is 0. The lowest BCUT2D eigenvalue weighted by molar-refractivity contribution is -0.132. The van der Waals surface area contributed by atoms with Crippen LogP contribution in [0.1, 0.15) is 36.0 Å². The van der Waals surface area contributed by atoms with Crippen molar-refractivity contribution >= 4 is 21.7 Å². The summed E-state index contributed by atoms with van der Waals surface area (Å²) in [5, 5.41) is 0. The summed E-state index contributed by atoms with van der Waals surface area (Å²) in [6.07, 6.45) is 2.92. The zero-order valence-electron chi connectivity index (χ0n) is 13.2. The zero-order chi connectivity index (χ0) is 16.9. The number of ketones is 1. The molecule has 126 valence electrons. The number of Topliss-reactive ketones (excluding diaryl/α,β-unsaturated/α-hetero) is 1. The SMILES string of the molecule is CS(=O)(=O)NC1CCCN(C(=O)CCC(=O)c2ccccc2)C1. The van der Waals surface area contributed by atoms with Crippen LogP contribution in [-0.4, -0.2) is 50.4 Å². The Hall–Kier alpha value is -1.73. The molecular formula is C16H22N2O4S. The van der Waals surface area contributed by atoms with Crippen LogP contribution < -0.4 is 4.72 Å². The number of rotatable bonds is 6. The minimum atomic E-state index is -3.28. The van der Waals surface area contributed by atoms with Gasteiger partial charge in [0.25, 0.3) is 0 Å². The molecule has 1 N–H and O–H groups in total. The number of piperidine rings is 1. The Morgan fingerprint density at radius 2 is 1.91 bits per heavy atom. The lowest BCUT2D eigenvalue weighted by Gasteiger charge is -2.32. The molecule has 1 atom stereocenters. The summed E-state index contributed by atoms with van der Waals surface area (Å²) in [6, 6.07) is 8.65. The fraction of sp³-hybridized carbons (Fsp3) is 0.500. The minimum absolute atomic E-state index is 0.0539. The van der Waals surface area contributed by atoms with Gasteiger partial charge >= 0.3 is 0 Å². The van der Waals surface area contributed by atoms with Gasteiger partial charge in [0, 0.05) is 37.5 Å². The molecule has 2 rings (SSSR count). The first-order chi connectivity index (χ1) is 10.8. The number of carbonyl (C=O) groups excluding carboxylic acids is 2. The molecule has 0 radical (unpaired) electrons. The number of carbonyl (C=O) groups is 2. The molecule has 1 amide bonds. The van der Waals surface area contributed by atoms with E-state index in [1.54, 1.807) is 29.2 Å². The van der Waals surface area contributed by atoms with Crippen LogP contribution in [0.3, 0.4) is 0 Å². The molecule has 0 saturated carbocycles. The number of nitrogens with one attached hydrogen (secondary N) is 1. The third-order valence-corrected chi connectivity index (χ3v) is 4.58. The van der Waals surface area contributed by atoms with Crippen LogP contribution in [-0.2, 0) is 14.8 Å². The third kappa shape index (κ3) is 5.76. The standard InChI is InChI=1S/C16H22N2O4S/c1-23(21,22)17-14-8-5-11-18(12-14)16(20)10-9-15(19)13-6-3-2-4-7-13/h2-4,6-7,14,17H,5,8-12H2,1H3. The second-order valence-electron chi connectivity index (χ2n) is 5.86. The van der Waals surface area contributed by atoms with Gasteiger partial charge in [-0.2, -0.15) is 0 Å². The van der Waals surface area contributed by atoms with Crippen LogP contribution in [0.4, 0.5) is 0 Å². The summed E-state index contributed by atoms with van der Waals surface area (Å²) in [6.45, 7) is 0.978. The van der Waals surface area contributed by atoms with Gasteiger partial charge in [-0.1, -0.05) is 30.3 Å². The van der Waals surface area contributed by atoms with Gasteiger partial charge in [0.15, 0.2) is 5.78 Å². The van der Waals surface area contributed by atoms with E-state index in [9.17, 15) is 18.0 Å². The van der Waals surface area contributed by atoms with Crippen LogP contribution >= 0.6 is 0 Å². The third-order valence-electron chi connectivity index (χ3n) is 3.82. The second kappa shape index (κ2) is 7.70. The highest BCUT2D eigenvalue weighted by Gasteiger charge is 2.25. The highest BCUT2D eigenvalue weighted by Crippen LogP contribution is 2.13. The maximum Gasteiger partial charge on any atom is 0.223 e. The summed E-state index contributed by atoms with van der Waals surface area (Å²) in [4.78, 5) is 25.9. The van der Waals surface area contributed by atoms with Gasteiger partial charge in [-0.3, -0.25) is 9.59 Å². The van der Waals surface area contributed by atoms with Crippen molar-refractivity contribution < 1.29 is 18.0 Å². The molecule has 1 aliphatic heterocycles. The quantitative estimate of drug-likeness (QED) is 0.790. The first-order valence-corrected chi connectivity index (χ1v) is 9.57. The molecule has 7 heteroatoms. The first-order valence-electron chi connectivity index (χ1n) is 7.68. The van der Waals surface area contributed by atoms with Gasteiger partial charge in [0.1, 0.15) is 0 Å². The molecule has 23 heavy (non-hydrogen) atoms. The van der Waals surface area contributed by atoms with Crippen molar-refractivity contribution in [1.82, 2.24) is 9.62 Å². The number of hydrogen-bond acceptors (Lipinski definition) is 4. The first kappa shape index (κ1) is 17.6. The molecule has 1 unspecified atom stereocenters. The van der Waals surface area contributed by atoms with Crippen LogP contribution in [0.15, 0.2) is 30.3 Å². The lowest BCUT2D eigenvalue weighted by atomic mass is 10.0. The van der Waals surface area contributed by atoms with E-state index in [-0.39, 0.29) is 30.6 Å². The summed E-state index contributed by atoms with van der Waals surface area (Å²) in [5.41, 5.74) is 0.607. The molecule has 0 aromatic heterocycles. The fourth-order valence-electron chi connectivity index (χ4n) is 2.75. The monoisotopic (exact) mass is 338 g/mol. The van der Waals surface area contributed by atoms with Gasteiger partial charge in [-0.15, -0.1) is 0 Å². The highest BCUT2D eigenvalue weighted by atomic mass is 32.2. The fourth-order valence-corrected chi connectivity index (χ4v) is 3.55. The smallest absolute Gasteiger partial charge is 0.223 e. The number of hydrogen-bond donors (Lipinski definition) is 1. The van der Waals surface area contributed by atoms with Crippen molar-refractivity contribution in [2.45, 2.75) is 31.7 Å². The molecule has 0 spiro atoms. The summed E-state index contributed by atoms with van der Waals surface area (Å²) in [5.74, 6) is -0.156. The van der Waals surface area contributed by atoms with Crippen LogP contribution in [0.25, 0.3) is 0 Å². The predicted molar refractivity (Wildman–Crippen MR) is 87.6 cm³/mol. The Morgan fingerprint density at radius 1 is 1.22 bits per heavy atom. The topological polar surface area (TPSA) is 83.6 Å². The van der Waals surface area contributed by atoms with Crippen molar-refractivity contribution in [3.63, 3.8) is 0 Å². The average molecular weight is 338 g/mol. The Morgan fingerprint density at radius 3 is 2.57 bits per heavy atom. The number of nitrogens with zero attached hydrogens (tertiary/aromatic N) is 1. The number of sulfonamides is 1. The number of benzene rings is 1. The normalized spacial score (nSPS) is 18.7. The van der Waals surface area contributed by atoms with Crippen LogP contribution in [0, 0.1) is 0 Å². The van der Waals surface area contributed by atoms with E-state index < -0.39 is 10.0 Å². The largest absolute Gasteiger partial charge is 0.341 e. The average Bonchev–Trinajstić information content (AvgIpc) is 2.51. The minimum Gasteiger partial charge on any atom is -0.341 e. The Bertz CT molecular complexity index is 658. The van der Waals surface area contributed by atoms with E-state index in [0.29, 0.717) is 18.7 Å². The number of likely N-dealkylation sites (tertiary alicyclic amines) is 1. The van der Waals surface area contributed by atoms with Crippen LogP contribution in [0.5, 0.6) is 0 Å². The Labute approximate surface area is 136 Å². The second-order valence-corrected chi connectivity index (χ2v) is 7.64. The lowest BCUT2D eigenvalue weighted by Crippen LogP contribution is -2.49. The molecule has 1 fully saturated rings. The number of amides is 1. The van der Waals surface area contributed by atoms with Gasteiger partial charge < -0.3 is 4.90 Å². The van der Waals surface area contributed by atoms with E-state index in [2.05, 4.69) is 4.72 Å².